The molecule has 92 valence electrons. The molecule has 0 saturated carbocycles. The molecule has 4 heteroatoms. The summed E-state index contributed by atoms with van der Waals surface area (Å²) in [5.74, 6) is 0. The summed E-state index contributed by atoms with van der Waals surface area (Å²) >= 11 is 5.34. The number of ether oxygens (including phenoxy) is 1. The summed E-state index contributed by atoms with van der Waals surface area (Å²) in [6, 6.07) is 0.434. The molecular formula is C12H20BrNOS. The lowest BCUT2D eigenvalue weighted by atomic mass is 10.0. The van der Waals surface area contributed by atoms with E-state index in [1.165, 1.54) is 10.0 Å². The molecule has 0 spiro atoms. The van der Waals surface area contributed by atoms with Crippen molar-refractivity contribution in [3.63, 3.8) is 0 Å². The monoisotopic (exact) mass is 305 g/mol. The molecule has 2 nitrogen and oxygen atoms in total. The van der Waals surface area contributed by atoms with E-state index in [1.54, 1.807) is 18.4 Å². The fourth-order valence-corrected chi connectivity index (χ4v) is 3.30. The van der Waals surface area contributed by atoms with E-state index in [4.69, 9.17) is 4.74 Å². The molecule has 1 aromatic rings. The molecule has 1 heterocycles. The molecule has 0 radical (unpaired) electrons. The van der Waals surface area contributed by atoms with E-state index >= 15 is 0 Å². The van der Waals surface area contributed by atoms with Crippen molar-refractivity contribution in [3.05, 3.63) is 20.8 Å². The van der Waals surface area contributed by atoms with Crippen LogP contribution in [0.2, 0.25) is 0 Å². The Kier molecular flexibility index (Phi) is 6.58. The minimum atomic E-state index is 0.332. The first-order chi connectivity index (χ1) is 7.69. The first-order valence-corrected chi connectivity index (χ1v) is 7.40. The summed E-state index contributed by atoms with van der Waals surface area (Å²) in [4.78, 5) is 0. The first-order valence-electron chi connectivity index (χ1n) is 5.66. The van der Waals surface area contributed by atoms with Crippen LogP contribution < -0.4 is 5.32 Å². The highest BCUT2D eigenvalue weighted by atomic mass is 79.9. The zero-order valence-corrected chi connectivity index (χ0v) is 12.5. The largest absolute Gasteiger partial charge is 0.382 e. The maximum Gasteiger partial charge on any atom is 0.0543 e. The number of nitrogens with one attached hydrogen (secondary N) is 1. The maximum atomic E-state index is 5.29. The van der Waals surface area contributed by atoms with Crippen LogP contribution in [-0.4, -0.2) is 19.8 Å². The highest BCUT2D eigenvalue weighted by Crippen LogP contribution is 2.30. The van der Waals surface area contributed by atoms with Crippen molar-refractivity contribution in [2.24, 2.45) is 0 Å². The number of methoxy groups -OCH3 is 1. The van der Waals surface area contributed by atoms with Crippen molar-refractivity contribution >= 4 is 27.3 Å². The van der Waals surface area contributed by atoms with Crippen molar-refractivity contribution < 1.29 is 4.74 Å². The number of thiophene rings is 1. The predicted octanol–water partition coefficient (Wildman–Crippen LogP) is 3.98. The lowest BCUT2D eigenvalue weighted by Gasteiger charge is -2.19. The third kappa shape index (κ3) is 4.17. The Morgan fingerprint density at radius 2 is 2.19 bits per heavy atom. The van der Waals surface area contributed by atoms with Gasteiger partial charge in [0, 0.05) is 23.0 Å². The van der Waals surface area contributed by atoms with Gasteiger partial charge in [-0.2, -0.15) is 11.3 Å². The molecule has 2 unspecified atom stereocenters. The second kappa shape index (κ2) is 7.43. The summed E-state index contributed by atoms with van der Waals surface area (Å²) < 4.78 is 6.51. The van der Waals surface area contributed by atoms with Crippen LogP contribution in [0.25, 0.3) is 0 Å². The van der Waals surface area contributed by atoms with Crippen molar-refractivity contribution in [2.75, 3.05) is 13.7 Å². The van der Waals surface area contributed by atoms with Gasteiger partial charge in [-0.15, -0.1) is 0 Å². The van der Waals surface area contributed by atoms with Crippen LogP contribution in [-0.2, 0) is 4.74 Å². The van der Waals surface area contributed by atoms with Crippen LogP contribution in [0, 0.1) is 0 Å². The molecule has 0 saturated heterocycles. The fraction of sp³-hybridized carbons (Fsp3) is 0.667. The van der Waals surface area contributed by atoms with Crippen LogP contribution in [0.5, 0.6) is 0 Å². The molecule has 0 bridgehead atoms. The van der Waals surface area contributed by atoms with E-state index in [0.717, 1.165) is 19.4 Å². The summed E-state index contributed by atoms with van der Waals surface area (Å²) in [7, 11) is 1.77. The quantitative estimate of drug-likeness (QED) is 0.823. The van der Waals surface area contributed by atoms with Gasteiger partial charge in [-0.3, -0.25) is 0 Å². The zero-order valence-electron chi connectivity index (χ0n) is 10.1. The van der Waals surface area contributed by atoms with E-state index in [0.29, 0.717) is 12.1 Å². The first kappa shape index (κ1) is 14.2. The van der Waals surface area contributed by atoms with Gasteiger partial charge in [-0.25, -0.2) is 0 Å². The zero-order chi connectivity index (χ0) is 12.0. The van der Waals surface area contributed by atoms with E-state index in [9.17, 15) is 0 Å². The predicted molar refractivity (Wildman–Crippen MR) is 74.1 cm³/mol. The summed E-state index contributed by atoms with van der Waals surface area (Å²) in [6.45, 7) is 5.26. The third-order valence-corrected chi connectivity index (χ3v) is 4.48. The Hall–Kier alpha value is 0.100. The maximum absolute atomic E-state index is 5.29. The minimum Gasteiger partial charge on any atom is -0.382 e. The Balaban J connectivity index is 2.58. The van der Waals surface area contributed by atoms with Crippen molar-refractivity contribution in [1.82, 2.24) is 5.32 Å². The van der Waals surface area contributed by atoms with Gasteiger partial charge < -0.3 is 10.1 Å². The second-order valence-electron chi connectivity index (χ2n) is 3.91. The Labute approximate surface area is 111 Å². The molecule has 1 N–H and O–H groups in total. The Morgan fingerprint density at radius 1 is 1.44 bits per heavy atom. The molecule has 0 aliphatic carbocycles. The van der Waals surface area contributed by atoms with E-state index in [-0.39, 0.29) is 0 Å². The van der Waals surface area contributed by atoms with Gasteiger partial charge in [-0.05, 0) is 53.2 Å². The SMILES string of the molecule is CCNC(CCC(C)OC)c1cscc1Br. The molecule has 0 aromatic carbocycles. The molecule has 1 aromatic heterocycles. The van der Waals surface area contributed by atoms with E-state index < -0.39 is 0 Å². The molecule has 1 rings (SSSR count). The molecule has 0 aliphatic heterocycles. The summed E-state index contributed by atoms with van der Waals surface area (Å²) in [5.41, 5.74) is 1.37. The van der Waals surface area contributed by atoms with Gasteiger partial charge in [-0.1, -0.05) is 6.92 Å². The van der Waals surface area contributed by atoms with Gasteiger partial charge in [0.25, 0.3) is 0 Å². The highest BCUT2D eigenvalue weighted by molar-refractivity contribution is 9.10. The summed E-state index contributed by atoms with van der Waals surface area (Å²) in [5, 5.41) is 7.88. The van der Waals surface area contributed by atoms with Crippen molar-refractivity contribution in [1.29, 1.82) is 0 Å². The van der Waals surface area contributed by atoms with Crippen LogP contribution >= 0.6 is 27.3 Å². The van der Waals surface area contributed by atoms with Crippen LogP contribution in [0.3, 0.4) is 0 Å². The molecule has 0 amide bonds. The number of halogens is 1. The number of rotatable bonds is 7. The van der Waals surface area contributed by atoms with Crippen molar-refractivity contribution in [3.8, 4) is 0 Å². The molecular weight excluding hydrogens is 286 g/mol. The van der Waals surface area contributed by atoms with Gasteiger partial charge in [0.2, 0.25) is 0 Å². The second-order valence-corrected chi connectivity index (χ2v) is 5.51. The number of hydrogen-bond acceptors (Lipinski definition) is 3. The molecule has 0 fully saturated rings. The smallest absolute Gasteiger partial charge is 0.0543 e. The Bertz CT molecular complexity index is 303. The minimum absolute atomic E-state index is 0.332. The normalized spacial score (nSPS) is 15.0. The van der Waals surface area contributed by atoms with Crippen LogP contribution in [0.15, 0.2) is 15.2 Å². The van der Waals surface area contributed by atoms with Gasteiger partial charge in [0.05, 0.1) is 6.10 Å². The van der Waals surface area contributed by atoms with Crippen molar-refractivity contribution in [2.45, 2.75) is 38.8 Å². The third-order valence-electron chi connectivity index (χ3n) is 2.73. The van der Waals surface area contributed by atoms with Gasteiger partial charge >= 0.3 is 0 Å². The highest BCUT2D eigenvalue weighted by Gasteiger charge is 2.15. The lowest BCUT2D eigenvalue weighted by molar-refractivity contribution is 0.106. The average Bonchev–Trinajstić information content (AvgIpc) is 2.70. The lowest BCUT2D eigenvalue weighted by Crippen LogP contribution is -2.22. The summed E-state index contributed by atoms with van der Waals surface area (Å²) in [6.07, 6.45) is 2.52. The topological polar surface area (TPSA) is 21.3 Å². The number of hydrogen-bond donors (Lipinski definition) is 1. The van der Waals surface area contributed by atoms with Gasteiger partial charge in [0.15, 0.2) is 0 Å². The molecule has 2 atom stereocenters. The fourth-order valence-electron chi connectivity index (χ4n) is 1.67. The van der Waals surface area contributed by atoms with E-state index in [1.807, 2.05) is 0 Å². The van der Waals surface area contributed by atoms with Gasteiger partial charge in [0.1, 0.15) is 0 Å². The standard InChI is InChI=1S/C12H20BrNOS/c1-4-14-12(6-5-9(2)15-3)10-7-16-8-11(10)13/h7-9,12,14H,4-6H2,1-3H3. The Morgan fingerprint density at radius 3 is 2.69 bits per heavy atom. The molecule has 0 aliphatic rings. The van der Waals surface area contributed by atoms with Crippen LogP contribution in [0.4, 0.5) is 0 Å². The molecule has 16 heavy (non-hydrogen) atoms. The van der Waals surface area contributed by atoms with E-state index in [2.05, 4.69) is 45.9 Å². The average molecular weight is 306 g/mol. The van der Waals surface area contributed by atoms with Crippen LogP contribution in [0.1, 0.15) is 38.3 Å².